The van der Waals surface area contributed by atoms with Gasteiger partial charge in [-0.1, -0.05) is 36.8 Å². The molecule has 1 atom stereocenters. The van der Waals surface area contributed by atoms with E-state index in [1.807, 2.05) is 30.3 Å². The molecule has 1 aromatic carbocycles. The fraction of sp³-hybridized carbons (Fsp3) is 0.654. The number of hydrogen-bond donors (Lipinski definition) is 0. The van der Waals surface area contributed by atoms with Crippen LogP contribution in [0.25, 0.3) is 0 Å². The first-order valence-corrected chi connectivity index (χ1v) is 12.0. The molecule has 2 amide bonds. The van der Waals surface area contributed by atoms with Gasteiger partial charge in [-0.25, -0.2) is 14.5 Å². The smallest absolute Gasteiger partial charge is 0.419 e. The summed E-state index contributed by atoms with van der Waals surface area (Å²) in [5, 5.41) is 0. The zero-order valence-electron chi connectivity index (χ0n) is 21.5. The summed E-state index contributed by atoms with van der Waals surface area (Å²) in [6.07, 6.45) is 1.57. The van der Waals surface area contributed by atoms with E-state index >= 15 is 0 Å². The number of piperidine rings is 1. The van der Waals surface area contributed by atoms with Gasteiger partial charge in [0.25, 0.3) is 0 Å². The van der Waals surface area contributed by atoms with E-state index in [-0.39, 0.29) is 25.5 Å². The molecular formula is C26H40N2O6. The maximum absolute atomic E-state index is 13.0. The van der Waals surface area contributed by atoms with Gasteiger partial charge >= 0.3 is 18.2 Å². The van der Waals surface area contributed by atoms with Crippen molar-refractivity contribution in [2.45, 2.75) is 91.1 Å². The second kappa shape index (κ2) is 12.2. The lowest BCUT2D eigenvalue weighted by atomic mass is 10.1. The van der Waals surface area contributed by atoms with Gasteiger partial charge in [-0.2, -0.15) is 0 Å². The molecule has 1 aliphatic rings. The number of likely N-dealkylation sites (tertiary alicyclic amines) is 1. The number of nitrogens with zero attached hydrogens (tertiary/aromatic N) is 2. The summed E-state index contributed by atoms with van der Waals surface area (Å²) >= 11 is 0. The molecule has 1 fully saturated rings. The lowest BCUT2D eigenvalue weighted by molar-refractivity contribution is -0.146. The second-order valence-corrected chi connectivity index (χ2v) is 10.7. The fourth-order valence-electron chi connectivity index (χ4n) is 3.65. The Morgan fingerprint density at radius 3 is 1.91 bits per heavy atom. The van der Waals surface area contributed by atoms with Crippen molar-refractivity contribution < 1.29 is 28.6 Å². The van der Waals surface area contributed by atoms with Crippen molar-refractivity contribution >= 4 is 18.2 Å². The molecule has 2 rings (SSSR count). The Hall–Kier alpha value is -2.61. The number of ether oxygens (including phenoxy) is 3. The molecule has 190 valence electrons. The SMILES string of the molecule is CC(C)(C)OC(=O)N(CC(CC(=O)OCc1ccccc1)N1CCCCC1)C(=O)OC(C)(C)C. The van der Waals surface area contributed by atoms with E-state index in [1.165, 1.54) is 0 Å². The van der Waals surface area contributed by atoms with Crippen molar-refractivity contribution in [2.75, 3.05) is 19.6 Å². The molecule has 1 saturated heterocycles. The van der Waals surface area contributed by atoms with Crippen LogP contribution in [0.5, 0.6) is 0 Å². The molecule has 0 aliphatic carbocycles. The van der Waals surface area contributed by atoms with Crippen molar-refractivity contribution in [3.8, 4) is 0 Å². The van der Waals surface area contributed by atoms with Gasteiger partial charge in [0.2, 0.25) is 0 Å². The highest BCUT2D eigenvalue weighted by Crippen LogP contribution is 2.20. The Morgan fingerprint density at radius 2 is 1.41 bits per heavy atom. The zero-order chi connectivity index (χ0) is 25.4. The average molecular weight is 477 g/mol. The van der Waals surface area contributed by atoms with E-state index in [2.05, 4.69) is 4.90 Å². The average Bonchev–Trinajstić information content (AvgIpc) is 2.74. The minimum atomic E-state index is -0.790. The van der Waals surface area contributed by atoms with Crippen molar-refractivity contribution in [2.24, 2.45) is 0 Å². The predicted molar refractivity (Wildman–Crippen MR) is 129 cm³/mol. The molecule has 8 heteroatoms. The molecule has 1 heterocycles. The third-order valence-electron chi connectivity index (χ3n) is 5.17. The van der Waals surface area contributed by atoms with E-state index in [9.17, 15) is 14.4 Å². The number of rotatable bonds is 7. The normalized spacial score (nSPS) is 15.8. The molecular weight excluding hydrogens is 436 g/mol. The lowest BCUT2D eigenvalue weighted by Crippen LogP contribution is -2.52. The van der Waals surface area contributed by atoms with Crippen LogP contribution in [-0.4, -0.2) is 64.8 Å². The zero-order valence-corrected chi connectivity index (χ0v) is 21.5. The number of benzene rings is 1. The lowest BCUT2D eigenvalue weighted by Gasteiger charge is -2.37. The van der Waals surface area contributed by atoms with Crippen molar-refractivity contribution in [3.05, 3.63) is 35.9 Å². The van der Waals surface area contributed by atoms with Gasteiger partial charge in [-0.15, -0.1) is 0 Å². The minimum Gasteiger partial charge on any atom is -0.461 e. The monoisotopic (exact) mass is 476 g/mol. The first-order valence-electron chi connectivity index (χ1n) is 12.0. The number of carbonyl (C=O) groups is 3. The van der Waals surface area contributed by atoms with E-state index in [0.29, 0.717) is 0 Å². The highest BCUT2D eigenvalue weighted by Gasteiger charge is 2.35. The Balaban J connectivity index is 2.18. The highest BCUT2D eigenvalue weighted by molar-refractivity contribution is 5.88. The number of carbonyl (C=O) groups excluding carboxylic acids is 3. The molecule has 0 bridgehead atoms. The molecule has 0 saturated carbocycles. The Morgan fingerprint density at radius 1 is 0.882 bits per heavy atom. The van der Waals surface area contributed by atoms with E-state index in [4.69, 9.17) is 14.2 Å². The van der Waals surface area contributed by atoms with Crippen LogP contribution in [0.2, 0.25) is 0 Å². The van der Waals surface area contributed by atoms with E-state index < -0.39 is 29.4 Å². The first kappa shape index (κ1) is 27.6. The van der Waals surface area contributed by atoms with Gasteiger partial charge in [0.15, 0.2) is 0 Å². The molecule has 0 spiro atoms. The van der Waals surface area contributed by atoms with Crippen LogP contribution < -0.4 is 0 Å². The second-order valence-electron chi connectivity index (χ2n) is 10.7. The number of amides is 2. The van der Waals surface area contributed by atoms with Gasteiger partial charge in [-0.05, 0) is 73.0 Å². The van der Waals surface area contributed by atoms with Crippen LogP contribution in [0.1, 0.15) is 72.8 Å². The standard InChI is InChI=1S/C26H40N2O6/c1-25(2,3)33-23(30)28(24(31)34-26(4,5)6)18-21(27-15-11-8-12-16-27)17-22(29)32-19-20-13-9-7-10-14-20/h7,9-10,13-14,21H,8,11-12,15-19H2,1-6H3. The summed E-state index contributed by atoms with van der Waals surface area (Å²) < 4.78 is 16.5. The van der Waals surface area contributed by atoms with Crippen LogP contribution in [-0.2, 0) is 25.6 Å². The molecule has 1 aliphatic heterocycles. The number of imide groups is 1. The fourth-order valence-corrected chi connectivity index (χ4v) is 3.65. The third-order valence-corrected chi connectivity index (χ3v) is 5.17. The van der Waals surface area contributed by atoms with Crippen molar-refractivity contribution in [3.63, 3.8) is 0 Å². The molecule has 34 heavy (non-hydrogen) atoms. The quantitative estimate of drug-likeness (QED) is 0.397. The van der Waals surface area contributed by atoms with Crippen molar-refractivity contribution in [1.82, 2.24) is 9.80 Å². The Kier molecular flexibility index (Phi) is 9.91. The molecule has 0 aromatic heterocycles. The van der Waals surface area contributed by atoms with Crippen LogP contribution in [0.3, 0.4) is 0 Å². The van der Waals surface area contributed by atoms with Crippen LogP contribution in [0.4, 0.5) is 9.59 Å². The van der Waals surface area contributed by atoms with E-state index in [1.54, 1.807) is 41.5 Å². The predicted octanol–water partition coefficient (Wildman–Crippen LogP) is 5.15. The third kappa shape index (κ3) is 10.1. The van der Waals surface area contributed by atoms with Gasteiger partial charge in [0.05, 0.1) is 13.0 Å². The largest absolute Gasteiger partial charge is 0.461 e. The summed E-state index contributed by atoms with van der Waals surface area (Å²) in [4.78, 5) is 41.8. The molecule has 1 unspecified atom stereocenters. The van der Waals surface area contributed by atoms with Crippen LogP contribution in [0.15, 0.2) is 30.3 Å². The maximum atomic E-state index is 13.0. The number of hydrogen-bond acceptors (Lipinski definition) is 7. The molecule has 8 nitrogen and oxygen atoms in total. The molecule has 0 radical (unpaired) electrons. The van der Waals surface area contributed by atoms with Crippen LogP contribution >= 0.6 is 0 Å². The summed E-state index contributed by atoms with van der Waals surface area (Å²) in [5.41, 5.74) is -0.673. The molecule has 0 N–H and O–H groups in total. The van der Waals surface area contributed by atoms with Gasteiger partial charge < -0.3 is 14.2 Å². The van der Waals surface area contributed by atoms with Crippen LogP contribution in [0, 0.1) is 0 Å². The van der Waals surface area contributed by atoms with Crippen molar-refractivity contribution in [1.29, 1.82) is 0 Å². The molecule has 1 aromatic rings. The van der Waals surface area contributed by atoms with Gasteiger partial charge in [-0.3, -0.25) is 9.69 Å². The summed E-state index contributed by atoms with van der Waals surface area (Å²) in [6, 6.07) is 9.06. The summed E-state index contributed by atoms with van der Waals surface area (Å²) in [7, 11) is 0. The minimum absolute atomic E-state index is 0.0235. The maximum Gasteiger partial charge on any atom is 0.419 e. The van der Waals surface area contributed by atoms with Gasteiger partial charge in [0.1, 0.15) is 17.8 Å². The topological polar surface area (TPSA) is 85.4 Å². The summed E-state index contributed by atoms with van der Waals surface area (Å²) in [5.74, 6) is -0.382. The highest BCUT2D eigenvalue weighted by atomic mass is 16.6. The summed E-state index contributed by atoms with van der Waals surface area (Å²) in [6.45, 7) is 12.1. The Bertz CT molecular complexity index is 779. The number of esters is 1. The van der Waals surface area contributed by atoms with E-state index in [0.717, 1.165) is 42.8 Å². The first-order chi connectivity index (χ1) is 15.8. The van der Waals surface area contributed by atoms with Gasteiger partial charge in [0, 0.05) is 6.04 Å². The Labute approximate surface area is 203 Å².